The Morgan fingerprint density at radius 3 is 3.36 bits per heavy atom. The van der Waals surface area contributed by atoms with Crippen LogP contribution in [-0.4, -0.2) is 12.9 Å². The van der Waals surface area contributed by atoms with Gasteiger partial charge in [-0.05, 0) is 12.5 Å². The number of hydrogen-bond donors (Lipinski definition) is 0. The maximum Gasteiger partial charge on any atom is 0.235 e. The van der Waals surface area contributed by atoms with Crippen LogP contribution in [0.1, 0.15) is 12.1 Å². The summed E-state index contributed by atoms with van der Waals surface area (Å²) in [4.78, 5) is 0. The van der Waals surface area contributed by atoms with Gasteiger partial charge >= 0.3 is 0 Å². The van der Waals surface area contributed by atoms with Gasteiger partial charge < -0.3 is 14.7 Å². The first-order valence-electron chi connectivity index (χ1n) is 4.84. The molecule has 0 aromatic carbocycles. The number of nitrogens with zero attached hydrogens (tertiary/aromatic N) is 1. The number of fused-ring (bicyclic) bond motifs is 2. The number of ether oxygens (including phenoxy) is 2. The highest BCUT2D eigenvalue weighted by Gasteiger charge is 2.38. The van der Waals surface area contributed by atoms with Crippen molar-refractivity contribution in [3.63, 3.8) is 0 Å². The summed E-state index contributed by atoms with van der Waals surface area (Å²) in [5, 5.41) is 11.4. The van der Waals surface area contributed by atoms with Crippen molar-refractivity contribution in [3.05, 3.63) is 29.2 Å². The zero-order chi connectivity index (χ0) is 9.54. The molecule has 74 valence electrons. The minimum Gasteiger partial charge on any atom is -0.618 e. The zero-order valence-corrected chi connectivity index (χ0v) is 7.68. The van der Waals surface area contributed by atoms with E-state index in [2.05, 4.69) is 0 Å². The Kier molecular flexibility index (Phi) is 1.64. The zero-order valence-electron chi connectivity index (χ0n) is 7.68. The van der Waals surface area contributed by atoms with E-state index in [-0.39, 0.29) is 6.29 Å². The standard InChI is InChI=1S/C10H11NO3/c12-11-4-1-2-9-8(11)6-7-3-5-13-10(7)14-9/h1-2,4,7,10H,3,5-6H2/t7-,10+/m0/s1. The maximum atomic E-state index is 11.4. The first-order chi connectivity index (χ1) is 6.84. The molecule has 3 rings (SSSR count). The maximum absolute atomic E-state index is 11.4. The molecule has 4 heteroatoms. The monoisotopic (exact) mass is 193 g/mol. The van der Waals surface area contributed by atoms with Gasteiger partial charge in [0.05, 0.1) is 6.61 Å². The molecular weight excluding hydrogens is 182 g/mol. The molecule has 2 aliphatic rings. The molecule has 1 aromatic heterocycles. The van der Waals surface area contributed by atoms with Crippen LogP contribution >= 0.6 is 0 Å². The van der Waals surface area contributed by atoms with E-state index in [1.54, 1.807) is 6.07 Å². The van der Waals surface area contributed by atoms with Crippen LogP contribution in [0.25, 0.3) is 0 Å². The van der Waals surface area contributed by atoms with Gasteiger partial charge in [-0.2, -0.15) is 4.73 Å². The van der Waals surface area contributed by atoms with Gasteiger partial charge in [-0.1, -0.05) is 0 Å². The molecule has 14 heavy (non-hydrogen) atoms. The van der Waals surface area contributed by atoms with Crippen LogP contribution < -0.4 is 9.47 Å². The Hall–Kier alpha value is -1.29. The second-order valence-corrected chi connectivity index (χ2v) is 3.75. The molecule has 4 nitrogen and oxygen atoms in total. The smallest absolute Gasteiger partial charge is 0.235 e. The van der Waals surface area contributed by atoms with Crippen molar-refractivity contribution < 1.29 is 14.2 Å². The number of pyridine rings is 1. The van der Waals surface area contributed by atoms with Crippen molar-refractivity contribution in [3.8, 4) is 5.75 Å². The molecule has 1 saturated heterocycles. The lowest BCUT2D eigenvalue weighted by Crippen LogP contribution is -2.39. The number of aromatic nitrogens is 1. The third-order valence-electron chi connectivity index (χ3n) is 2.87. The van der Waals surface area contributed by atoms with E-state index in [0.29, 0.717) is 11.7 Å². The largest absolute Gasteiger partial charge is 0.618 e. The minimum absolute atomic E-state index is 0.134. The van der Waals surface area contributed by atoms with Crippen molar-refractivity contribution in [2.75, 3.05) is 6.61 Å². The van der Waals surface area contributed by atoms with Crippen molar-refractivity contribution >= 4 is 0 Å². The fourth-order valence-electron chi connectivity index (χ4n) is 2.11. The quantitative estimate of drug-likeness (QED) is 0.448. The predicted octanol–water partition coefficient (Wildman–Crippen LogP) is 0.618. The van der Waals surface area contributed by atoms with Gasteiger partial charge in [0.2, 0.25) is 12.0 Å². The fraction of sp³-hybridized carbons (Fsp3) is 0.500. The van der Waals surface area contributed by atoms with Gasteiger partial charge in [0.1, 0.15) is 0 Å². The number of hydrogen-bond acceptors (Lipinski definition) is 3. The highest BCUT2D eigenvalue weighted by atomic mass is 16.7. The Labute approximate surface area is 81.6 Å². The molecule has 0 saturated carbocycles. The summed E-state index contributed by atoms with van der Waals surface area (Å²) in [5.74, 6) is 1.02. The van der Waals surface area contributed by atoms with E-state index in [9.17, 15) is 5.21 Å². The molecule has 2 aliphatic heterocycles. The molecule has 1 aromatic rings. The lowest BCUT2D eigenvalue weighted by molar-refractivity contribution is -0.616. The van der Waals surface area contributed by atoms with Gasteiger partial charge in [0, 0.05) is 18.4 Å². The summed E-state index contributed by atoms with van der Waals surface area (Å²) in [6, 6.07) is 3.52. The lowest BCUT2D eigenvalue weighted by atomic mass is 9.98. The molecule has 0 bridgehead atoms. The summed E-state index contributed by atoms with van der Waals surface area (Å²) >= 11 is 0. The molecule has 3 heterocycles. The van der Waals surface area contributed by atoms with E-state index in [1.165, 1.54) is 6.20 Å². The first kappa shape index (κ1) is 8.05. The molecule has 0 aliphatic carbocycles. The molecule has 0 radical (unpaired) electrons. The normalized spacial score (nSPS) is 29.1. The summed E-state index contributed by atoms with van der Waals surface area (Å²) in [5.41, 5.74) is 0.735. The first-order valence-corrected chi connectivity index (χ1v) is 4.84. The van der Waals surface area contributed by atoms with Gasteiger partial charge in [0.25, 0.3) is 0 Å². The van der Waals surface area contributed by atoms with Gasteiger partial charge in [-0.15, -0.1) is 0 Å². The summed E-state index contributed by atoms with van der Waals surface area (Å²) in [7, 11) is 0. The molecule has 0 spiro atoms. The van der Waals surface area contributed by atoms with Crippen LogP contribution in [-0.2, 0) is 11.2 Å². The molecule has 0 unspecified atom stereocenters. The van der Waals surface area contributed by atoms with Crippen LogP contribution in [0.15, 0.2) is 18.3 Å². The van der Waals surface area contributed by atoms with Crippen LogP contribution in [0.3, 0.4) is 0 Å². The summed E-state index contributed by atoms with van der Waals surface area (Å²) in [6.07, 6.45) is 3.13. The molecule has 1 fully saturated rings. The van der Waals surface area contributed by atoms with E-state index in [1.807, 2.05) is 6.07 Å². The Morgan fingerprint density at radius 1 is 1.50 bits per heavy atom. The Bertz CT molecular complexity index is 366. The average Bonchev–Trinajstić information content (AvgIpc) is 2.62. The highest BCUT2D eigenvalue weighted by molar-refractivity contribution is 5.26. The van der Waals surface area contributed by atoms with Crippen molar-refractivity contribution in [1.82, 2.24) is 0 Å². The predicted molar refractivity (Wildman–Crippen MR) is 47.6 cm³/mol. The summed E-state index contributed by atoms with van der Waals surface area (Å²) < 4.78 is 11.9. The molecule has 0 amide bonds. The van der Waals surface area contributed by atoms with Gasteiger partial charge in [-0.25, -0.2) is 0 Å². The van der Waals surface area contributed by atoms with Crippen molar-refractivity contribution in [2.45, 2.75) is 19.1 Å². The average molecular weight is 193 g/mol. The van der Waals surface area contributed by atoms with E-state index >= 15 is 0 Å². The van der Waals surface area contributed by atoms with Gasteiger partial charge in [0.15, 0.2) is 11.9 Å². The third-order valence-corrected chi connectivity index (χ3v) is 2.87. The SMILES string of the molecule is [O-][n+]1cccc2c1C[C@@H]1CCO[C@@H]1O2. The molecule has 2 atom stereocenters. The molecule has 0 N–H and O–H groups in total. The second-order valence-electron chi connectivity index (χ2n) is 3.75. The van der Waals surface area contributed by atoms with E-state index < -0.39 is 0 Å². The molecular formula is C10H11NO3. The van der Waals surface area contributed by atoms with Crippen molar-refractivity contribution in [1.29, 1.82) is 0 Å². The highest BCUT2D eigenvalue weighted by Crippen LogP contribution is 2.33. The van der Waals surface area contributed by atoms with Gasteiger partial charge in [-0.3, -0.25) is 0 Å². The van der Waals surface area contributed by atoms with Crippen LogP contribution in [0.5, 0.6) is 5.75 Å². The topological polar surface area (TPSA) is 45.4 Å². The second kappa shape index (κ2) is 2.85. The van der Waals surface area contributed by atoms with Crippen LogP contribution in [0.4, 0.5) is 0 Å². The lowest BCUT2D eigenvalue weighted by Gasteiger charge is -2.25. The fourth-order valence-corrected chi connectivity index (χ4v) is 2.11. The Balaban J connectivity index is 2.01. The van der Waals surface area contributed by atoms with Crippen molar-refractivity contribution in [2.24, 2.45) is 5.92 Å². The third kappa shape index (κ3) is 1.07. The number of rotatable bonds is 0. The van der Waals surface area contributed by atoms with Crippen LogP contribution in [0.2, 0.25) is 0 Å². The summed E-state index contributed by atoms with van der Waals surface area (Å²) in [6.45, 7) is 0.738. The Morgan fingerprint density at radius 2 is 2.43 bits per heavy atom. The van der Waals surface area contributed by atoms with Crippen LogP contribution in [0, 0.1) is 11.1 Å². The minimum atomic E-state index is -0.134. The van der Waals surface area contributed by atoms with E-state index in [4.69, 9.17) is 9.47 Å². The van der Waals surface area contributed by atoms with E-state index in [0.717, 1.165) is 29.9 Å².